The standard InChI is InChI=1S/C15H24N2O2.2C2H6/c1-4-11-16(12-10-13(3)5-2)14-6-8-15(9-7-14)17(18)19;2*1-2/h6-9,13H,4-5,10-12H2,1-3H3;2*1-2H3. The quantitative estimate of drug-likeness (QED) is 0.416. The molecule has 0 fully saturated rings. The molecule has 0 aromatic heterocycles. The lowest BCUT2D eigenvalue weighted by Crippen LogP contribution is -2.26. The highest BCUT2D eigenvalue weighted by Gasteiger charge is 2.10. The van der Waals surface area contributed by atoms with Crippen LogP contribution >= 0.6 is 0 Å². The van der Waals surface area contributed by atoms with Crippen molar-refractivity contribution in [3.05, 3.63) is 34.4 Å². The maximum atomic E-state index is 10.7. The topological polar surface area (TPSA) is 46.4 Å². The number of nitrogens with zero attached hydrogens (tertiary/aromatic N) is 2. The van der Waals surface area contributed by atoms with Gasteiger partial charge in [-0.15, -0.1) is 0 Å². The minimum absolute atomic E-state index is 0.155. The van der Waals surface area contributed by atoms with E-state index in [0.717, 1.165) is 37.5 Å². The summed E-state index contributed by atoms with van der Waals surface area (Å²) in [5, 5.41) is 10.7. The van der Waals surface area contributed by atoms with Gasteiger partial charge in [-0.2, -0.15) is 0 Å². The van der Waals surface area contributed by atoms with E-state index in [-0.39, 0.29) is 10.6 Å². The molecule has 0 aliphatic heterocycles. The van der Waals surface area contributed by atoms with Crippen LogP contribution < -0.4 is 4.90 Å². The van der Waals surface area contributed by atoms with Gasteiger partial charge in [0.25, 0.3) is 5.69 Å². The predicted octanol–water partition coefficient (Wildman–Crippen LogP) is 6.30. The number of benzene rings is 1. The van der Waals surface area contributed by atoms with Crippen molar-refractivity contribution in [2.24, 2.45) is 5.92 Å². The summed E-state index contributed by atoms with van der Waals surface area (Å²) < 4.78 is 0. The Balaban J connectivity index is 0. The number of nitro benzene ring substituents is 1. The lowest BCUT2D eigenvalue weighted by Gasteiger charge is -2.25. The fourth-order valence-electron chi connectivity index (χ4n) is 2.01. The van der Waals surface area contributed by atoms with Crippen molar-refractivity contribution in [2.45, 2.75) is 67.7 Å². The molecule has 0 spiro atoms. The zero-order chi connectivity index (χ0) is 18.3. The summed E-state index contributed by atoms with van der Waals surface area (Å²) in [4.78, 5) is 12.6. The first-order valence-corrected chi connectivity index (χ1v) is 9.07. The van der Waals surface area contributed by atoms with Crippen LogP contribution in [0.1, 0.15) is 67.7 Å². The van der Waals surface area contributed by atoms with Gasteiger partial charge in [-0.1, -0.05) is 54.9 Å². The maximum absolute atomic E-state index is 10.7. The molecule has 0 heterocycles. The van der Waals surface area contributed by atoms with Crippen molar-refractivity contribution in [1.29, 1.82) is 0 Å². The highest BCUT2D eigenvalue weighted by molar-refractivity contribution is 5.50. The van der Waals surface area contributed by atoms with Gasteiger partial charge in [-0.05, 0) is 30.9 Å². The molecule has 1 rings (SSSR count). The molecular formula is C19H36N2O2. The number of rotatable bonds is 8. The SMILES string of the molecule is CC.CC.CCCN(CCC(C)CC)c1ccc([N+](=O)[O-])cc1. The van der Waals surface area contributed by atoms with Crippen molar-refractivity contribution in [2.75, 3.05) is 18.0 Å². The third-order valence-corrected chi connectivity index (χ3v) is 3.51. The van der Waals surface area contributed by atoms with Gasteiger partial charge in [0, 0.05) is 30.9 Å². The van der Waals surface area contributed by atoms with Gasteiger partial charge in [0.05, 0.1) is 4.92 Å². The molecule has 4 heteroatoms. The second kappa shape index (κ2) is 15.3. The van der Waals surface area contributed by atoms with Crippen LogP contribution in [0.25, 0.3) is 0 Å². The van der Waals surface area contributed by atoms with Crippen molar-refractivity contribution in [3.63, 3.8) is 0 Å². The first-order chi connectivity index (χ1) is 11.1. The molecule has 0 N–H and O–H groups in total. The smallest absolute Gasteiger partial charge is 0.269 e. The third-order valence-electron chi connectivity index (χ3n) is 3.51. The minimum atomic E-state index is -0.354. The fourth-order valence-corrected chi connectivity index (χ4v) is 2.01. The first kappa shape index (κ1) is 23.7. The lowest BCUT2D eigenvalue weighted by molar-refractivity contribution is -0.384. The number of hydrogen-bond acceptors (Lipinski definition) is 3. The Hall–Kier alpha value is -1.58. The molecule has 0 aliphatic carbocycles. The van der Waals surface area contributed by atoms with Gasteiger partial charge < -0.3 is 4.90 Å². The van der Waals surface area contributed by atoms with Crippen LogP contribution in [0.4, 0.5) is 11.4 Å². The third kappa shape index (κ3) is 9.93. The second-order valence-corrected chi connectivity index (χ2v) is 5.06. The summed E-state index contributed by atoms with van der Waals surface area (Å²) in [6.45, 7) is 16.6. The Bertz CT molecular complexity index is 391. The van der Waals surface area contributed by atoms with Crippen molar-refractivity contribution >= 4 is 11.4 Å². The van der Waals surface area contributed by atoms with Crippen LogP contribution in [0.15, 0.2) is 24.3 Å². The summed E-state index contributed by atoms with van der Waals surface area (Å²) >= 11 is 0. The largest absolute Gasteiger partial charge is 0.372 e. The van der Waals surface area contributed by atoms with Crippen LogP contribution in [0.5, 0.6) is 0 Å². The van der Waals surface area contributed by atoms with E-state index in [1.807, 2.05) is 39.8 Å². The van der Waals surface area contributed by atoms with E-state index >= 15 is 0 Å². The highest BCUT2D eigenvalue weighted by atomic mass is 16.6. The predicted molar refractivity (Wildman–Crippen MR) is 102 cm³/mol. The number of non-ortho nitro benzene ring substituents is 1. The van der Waals surface area contributed by atoms with Gasteiger partial charge in [0.1, 0.15) is 0 Å². The molecule has 0 saturated carbocycles. The Morgan fingerprint density at radius 2 is 1.57 bits per heavy atom. The molecule has 0 bridgehead atoms. The zero-order valence-corrected chi connectivity index (χ0v) is 16.1. The van der Waals surface area contributed by atoms with Crippen molar-refractivity contribution in [3.8, 4) is 0 Å². The Kier molecular flexibility index (Phi) is 15.8. The Morgan fingerprint density at radius 3 is 1.96 bits per heavy atom. The molecule has 0 radical (unpaired) electrons. The van der Waals surface area contributed by atoms with Crippen LogP contribution in [0.2, 0.25) is 0 Å². The monoisotopic (exact) mass is 324 g/mol. The highest BCUT2D eigenvalue weighted by Crippen LogP contribution is 2.21. The Morgan fingerprint density at radius 1 is 1.04 bits per heavy atom. The number of anilines is 1. The molecule has 4 nitrogen and oxygen atoms in total. The molecule has 0 amide bonds. The van der Waals surface area contributed by atoms with E-state index in [0.29, 0.717) is 0 Å². The lowest BCUT2D eigenvalue weighted by atomic mass is 10.0. The van der Waals surface area contributed by atoms with E-state index in [1.165, 1.54) is 6.42 Å². The van der Waals surface area contributed by atoms with Crippen LogP contribution in [-0.4, -0.2) is 18.0 Å². The first-order valence-electron chi connectivity index (χ1n) is 9.07. The molecule has 1 aromatic carbocycles. The van der Waals surface area contributed by atoms with E-state index in [4.69, 9.17) is 0 Å². The minimum Gasteiger partial charge on any atom is -0.372 e. The normalized spacial score (nSPS) is 10.6. The molecule has 1 aromatic rings. The van der Waals surface area contributed by atoms with Crippen molar-refractivity contribution < 1.29 is 4.92 Å². The van der Waals surface area contributed by atoms with E-state index in [1.54, 1.807) is 12.1 Å². The molecule has 0 saturated heterocycles. The number of hydrogen-bond donors (Lipinski definition) is 0. The van der Waals surface area contributed by atoms with E-state index in [9.17, 15) is 10.1 Å². The van der Waals surface area contributed by atoms with Crippen molar-refractivity contribution in [1.82, 2.24) is 0 Å². The summed E-state index contributed by atoms with van der Waals surface area (Å²) in [7, 11) is 0. The molecular weight excluding hydrogens is 288 g/mol. The molecule has 1 unspecified atom stereocenters. The van der Waals surface area contributed by atoms with Crippen LogP contribution in [0.3, 0.4) is 0 Å². The second-order valence-electron chi connectivity index (χ2n) is 5.06. The summed E-state index contributed by atoms with van der Waals surface area (Å²) in [6.07, 6.45) is 3.44. The molecule has 23 heavy (non-hydrogen) atoms. The molecule has 0 aliphatic rings. The summed E-state index contributed by atoms with van der Waals surface area (Å²) in [5.74, 6) is 0.720. The van der Waals surface area contributed by atoms with Gasteiger partial charge in [-0.3, -0.25) is 10.1 Å². The van der Waals surface area contributed by atoms with Gasteiger partial charge in [0.2, 0.25) is 0 Å². The van der Waals surface area contributed by atoms with Gasteiger partial charge in [-0.25, -0.2) is 0 Å². The molecule has 134 valence electrons. The maximum Gasteiger partial charge on any atom is 0.269 e. The fraction of sp³-hybridized carbons (Fsp3) is 0.684. The van der Waals surface area contributed by atoms with Gasteiger partial charge in [0.15, 0.2) is 0 Å². The summed E-state index contributed by atoms with van der Waals surface area (Å²) in [6, 6.07) is 6.87. The van der Waals surface area contributed by atoms with Crippen LogP contribution in [0, 0.1) is 16.0 Å². The van der Waals surface area contributed by atoms with E-state index < -0.39 is 0 Å². The number of nitro groups is 1. The average Bonchev–Trinajstić information content (AvgIpc) is 2.61. The zero-order valence-electron chi connectivity index (χ0n) is 16.1. The summed E-state index contributed by atoms with van der Waals surface area (Å²) in [5.41, 5.74) is 1.23. The van der Waals surface area contributed by atoms with Crippen LogP contribution in [-0.2, 0) is 0 Å². The average molecular weight is 325 g/mol. The van der Waals surface area contributed by atoms with E-state index in [2.05, 4.69) is 25.7 Å². The van der Waals surface area contributed by atoms with Gasteiger partial charge >= 0.3 is 0 Å². The molecule has 1 atom stereocenters. The Labute approximate surface area is 143 Å².